The lowest BCUT2D eigenvalue weighted by atomic mass is 10.1. The second-order valence-electron chi connectivity index (χ2n) is 4.66. The van der Waals surface area contributed by atoms with Gasteiger partial charge in [-0.3, -0.25) is 0 Å². The normalized spacial score (nSPS) is 11.6. The highest BCUT2D eigenvalue weighted by Gasteiger charge is 2.10. The molecular formula is C15H13N7. The Balaban J connectivity index is 1.78. The maximum Gasteiger partial charge on any atom is 0.182 e. The van der Waals surface area contributed by atoms with E-state index in [-0.39, 0.29) is 11.7 Å². The Hall–Kier alpha value is -3.27. The van der Waals surface area contributed by atoms with Crippen molar-refractivity contribution in [2.45, 2.75) is 13.0 Å². The van der Waals surface area contributed by atoms with Crippen LogP contribution >= 0.6 is 0 Å². The van der Waals surface area contributed by atoms with E-state index in [1.807, 2.05) is 37.3 Å². The van der Waals surface area contributed by atoms with E-state index in [0.717, 1.165) is 11.3 Å². The van der Waals surface area contributed by atoms with Gasteiger partial charge < -0.3 is 5.32 Å². The summed E-state index contributed by atoms with van der Waals surface area (Å²) in [5.41, 5.74) is 2.29. The van der Waals surface area contributed by atoms with Crippen LogP contribution in [0.1, 0.15) is 24.2 Å². The molecule has 7 heteroatoms. The number of aromatic nitrogens is 5. The van der Waals surface area contributed by atoms with Crippen molar-refractivity contribution < 1.29 is 0 Å². The van der Waals surface area contributed by atoms with Gasteiger partial charge in [-0.2, -0.15) is 10.4 Å². The molecule has 0 spiro atoms. The summed E-state index contributed by atoms with van der Waals surface area (Å²) in [7, 11) is 0. The lowest BCUT2D eigenvalue weighted by Gasteiger charge is -2.15. The smallest absolute Gasteiger partial charge is 0.182 e. The molecule has 0 aliphatic carbocycles. The second kappa shape index (κ2) is 6.01. The summed E-state index contributed by atoms with van der Waals surface area (Å²) in [6.07, 6.45) is 6.20. The maximum atomic E-state index is 9.04. The molecule has 22 heavy (non-hydrogen) atoms. The summed E-state index contributed by atoms with van der Waals surface area (Å²) in [5, 5.41) is 16.3. The Morgan fingerprint density at radius 3 is 2.64 bits per heavy atom. The SMILES string of the molecule is C[C@H](Nc1nccnc1C#N)c1ccc(-n2cncn2)cc1. The molecule has 108 valence electrons. The Labute approximate surface area is 127 Å². The molecule has 2 heterocycles. The number of hydrogen-bond acceptors (Lipinski definition) is 6. The van der Waals surface area contributed by atoms with Gasteiger partial charge in [-0.05, 0) is 24.6 Å². The molecule has 0 aliphatic rings. The fourth-order valence-corrected chi connectivity index (χ4v) is 2.07. The van der Waals surface area contributed by atoms with Gasteiger partial charge in [0.2, 0.25) is 0 Å². The summed E-state index contributed by atoms with van der Waals surface area (Å²) in [6.45, 7) is 2.00. The molecule has 0 amide bonds. The van der Waals surface area contributed by atoms with Crippen LogP contribution in [0.5, 0.6) is 0 Å². The Bertz CT molecular complexity index is 788. The summed E-state index contributed by atoms with van der Waals surface area (Å²) < 4.78 is 1.69. The van der Waals surface area contributed by atoms with Crippen LogP contribution in [0.3, 0.4) is 0 Å². The van der Waals surface area contributed by atoms with Gasteiger partial charge in [-0.15, -0.1) is 0 Å². The third kappa shape index (κ3) is 2.76. The monoisotopic (exact) mass is 291 g/mol. The number of nitrogens with zero attached hydrogens (tertiary/aromatic N) is 6. The summed E-state index contributed by atoms with van der Waals surface area (Å²) in [5.74, 6) is 0.484. The molecule has 0 saturated heterocycles. The van der Waals surface area contributed by atoms with Gasteiger partial charge >= 0.3 is 0 Å². The summed E-state index contributed by atoms with van der Waals surface area (Å²) in [4.78, 5) is 12.1. The number of hydrogen-bond donors (Lipinski definition) is 1. The molecule has 3 rings (SSSR count). The predicted molar refractivity (Wildman–Crippen MR) is 80.1 cm³/mol. The van der Waals surface area contributed by atoms with Gasteiger partial charge in [-0.1, -0.05) is 12.1 Å². The van der Waals surface area contributed by atoms with Crippen LogP contribution in [0.15, 0.2) is 49.3 Å². The molecule has 3 aromatic rings. The van der Waals surface area contributed by atoms with Gasteiger partial charge in [0, 0.05) is 12.4 Å². The molecule has 0 fully saturated rings. The molecule has 0 unspecified atom stereocenters. The van der Waals surface area contributed by atoms with Crippen molar-refractivity contribution in [2.24, 2.45) is 0 Å². The third-order valence-corrected chi connectivity index (χ3v) is 3.23. The molecule has 0 aliphatic heterocycles. The lowest BCUT2D eigenvalue weighted by molar-refractivity contribution is 0.855. The molecule has 0 bridgehead atoms. The molecule has 7 nitrogen and oxygen atoms in total. The maximum absolute atomic E-state index is 9.04. The third-order valence-electron chi connectivity index (χ3n) is 3.23. The number of rotatable bonds is 4. The Morgan fingerprint density at radius 2 is 1.95 bits per heavy atom. The highest BCUT2D eigenvalue weighted by molar-refractivity contribution is 5.48. The lowest BCUT2D eigenvalue weighted by Crippen LogP contribution is -2.10. The van der Waals surface area contributed by atoms with Crippen LogP contribution in [0.2, 0.25) is 0 Å². The topological polar surface area (TPSA) is 92.3 Å². The van der Waals surface area contributed by atoms with Crippen molar-refractivity contribution in [3.8, 4) is 11.8 Å². The number of nitriles is 1. The molecule has 1 N–H and O–H groups in total. The number of nitrogens with one attached hydrogen (secondary N) is 1. The van der Waals surface area contributed by atoms with Crippen molar-refractivity contribution in [2.75, 3.05) is 5.32 Å². The minimum Gasteiger partial charge on any atom is -0.361 e. The predicted octanol–water partition coefficient (Wildman–Crippen LogP) is 2.10. The van der Waals surface area contributed by atoms with E-state index in [2.05, 4.69) is 25.4 Å². The number of anilines is 1. The second-order valence-corrected chi connectivity index (χ2v) is 4.66. The number of benzene rings is 1. The molecule has 2 aromatic heterocycles. The van der Waals surface area contributed by atoms with Crippen molar-refractivity contribution in [1.82, 2.24) is 24.7 Å². The van der Waals surface area contributed by atoms with Crippen molar-refractivity contribution in [1.29, 1.82) is 5.26 Å². The zero-order valence-electron chi connectivity index (χ0n) is 11.9. The summed E-state index contributed by atoms with van der Waals surface area (Å²) >= 11 is 0. The van der Waals surface area contributed by atoms with Gasteiger partial charge in [0.25, 0.3) is 0 Å². The molecular weight excluding hydrogens is 278 g/mol. The molecule has 0 radical (unpaired) electrons. The molecule has 1 aromatic carbocycles. The van der Waals surface area contributed by atoms with E-state index in [1.54, 1.807) is 17.2 Å². The summed E-state index contributed by atoms with van der Waals surface area (Å²) in [6, 6.07) is 9.94. The first-order valence-electron chi connectivity index (χ1n) is 6.70. The van der Waals surface area contributed by atoms with Crippen molar-refractivity contribution in [3.05, 3.63) is 60.6 Å². The Kier molecular flexibility index (Phi) is 3.74. The van der Waals surface area contributed by atoms with Crippen molar-refractivity contribution in [3.63, 3.8) is 0 Å². The molecule has 1 atom stereocenters. The first kappa shape index (κ1) is 13.7. The zero-order chi connectivity index (χ0) is 15.4. The van der Waals surface area contributed by atoms with Gasteiger partial charge in [-0.25, -0.2) is 19.6 Å². The van der Waals surface area contributed by atoms with Crippen molar-refractivity contribution >= 4 is 5.82 Å². The highest BCUT2D eigenvalue weighted by Crippen LogP contribution is 2.20. The standard InChI is InChI=1S/C15H13N7/c1-11(21-15-14(8-16)18-6-7-19-15)12-2-4-13(5-3-12)22-10-17-9-20-22/h2-7,9-11H,1H3,(H,19,21)/t11-/m0/s1. The average molecular weight is 291 g/mol. The largest absolute Gasteiger partial charge is 0.361 e. The van der Waals surface area contributed by atoms with Crippen LogP contribution in [0, 0.1) is 11.3 Å². The van der Waals surface area contributed by atoms with Crippen LogP contribution in [0.25, 0.3) is 5.69 Å². The van der Waals surface area contributed by atoms with E-state index < -0.39 is 0 Å². The fraction of sp³-hybridized carbons (Fsp3) is 0.133. The first-order chi connectivity index (χ1) is 10.8. The minimum atomic E-state index is -0.00593. The van der Waals surface area contributed by atoms with Crippen LogP contribution in [-0.2, 0) is 0 Å². The van der Waals surface area contributed by atoms with E-state index in [4.69, 9.17) is 5.26 Å². The van der Waals surface area contributed by atoms with Gasteiger partial charge in [0.05, 0.1) is 11.7 Å². The minimum absolute atomic E-state index is 0.00593. The fourth-order valence-electron chi connectivity index (χ4n) is 2.07. The van der Waals surface area contributed by atoms with E-state index in [0.29, 0.717) is 5.82 Å². The highest BCUT2D eigenvalue weighted by atomic mass is 15.3. The van der Waals surface area contributed by atoms with Crippen LogP contribution < -0.4 is 5.32 Å². The zero-order valence-corrected chi connectivity index (χ0v) is 11.9. The van der Waals surface area contributed by atoms with E-state index >= 15 is 0 Å². The average Bonchev–Trinajstić information content (AvgIpc) is 3.10. The van der Waals surface area contributed by atoms with Gasteiger partial charge in [0.15, 0.2) is 11.5 Å². The molecule has 0 saturated carbocycles. The van der Waals surface area contributed by atoms with Gasteiger partial charge in [0.1, 0.15) is 18.7 Å². The van der Waals surface area contributed by atoms with E-state index in [9.17, 15) is 0 Å². The first-order valence-corrected chi connectivity index (χ1v) is 6.70. The Morgan fingerprint density at radius 1 is 1.18 bits per heavy atom. The van der Waals surface area contributed by atoms with E-state index in [1.165, 1.54) is 12.5 Å². The van der Waals surface area contributed by atoms with Crippen LogP contribution in [0.4, 0.5) is 5.82 Å². The quantitative estimate of drug-likeness (QED) is 0.791. The van der Waals surface area contributed by atoms with Crippen LogP contribution in [-0.4, -0.2) is 24.7 Å².